The van der Waals surface area contributed by atoms with E-state index in [1.54, 1.807) is 26.8 Å². The van der Waals surface area contributed by atoms with Crippen molar-refractivity contribution < 1.29 is 29.3 Å². The minimum Gasteiger partial charge on any atom is -0.455 e. The third-order valence-electron chi connectivity index (χ3n) is 9.83. The maximum atomic E-state index is 13.9. The van der Waals surface area contributed by atoms with Gasteiger partial charge in [0, 0.05) is 39.0 Å². The Labute approximate surface area is 221 Å². The molecule has 0 unspecified atom stereocenters. The van der Waals surface area contributed by atoms with Crippen LogP contribution < -0.4 is 0 Å². The minimum atomic E-state index is -2.09. The fraction of sp³-hybridized carbons (Fsp3) is 0.793. The van der Waals surface area contributed by atoms with Crippen LogP contribution in [0.15, 0.2) is 24.3 Å². The zero-order chi connectivity index (χ0) is 27.4. The van der Waals surface area contributed by atoms with Crippen LogP contribution in [-0.2, 0) is 19.1 Å². The Hall–Kier alpha value is -1.58. The van der Waals surface area contributed by atoms with E-state index in [0.717, 1.165) is 38.3 Å². The molecule has 1 saturated carbocycles. The highest BCUT2D eigenvalue weighted by atomic mass is 16.6. The molecule has 0 spiro atoms. The fourth-order valence-electron chi connectivity index (χ4n) is 7.31. The maximum absolute atomic E-state index is 13.9. The van der Waals surface area contributed by atoms with Gasteiger partial charge in [0.1, 0.15) is 5.60 Å². The SMILES string of the molecule is C=C[C@@]1(C)CC(=O)[C@@]2(O)[C@](C)(O1)[C@@H](OC(=O)CCCN1CCN(C)CC1)C=C1C(C)(C)CC[C@H](O)[C@@]12C. The number of hydrogen-bond acceptors (Lipinski definition) is 8. The number of ether oxygens (including phenoxy) is 2. The van der Waals surface area contributed by atoms with Crippen molar-refractivity contribution in [2.24, 2.45) is 10.8 Å². The first-order chi connectivity index (χ1) is 17.1. The van der Waals surface area contributed by atoms with Crippen LogP contribution in [-0.4, -0.2) is 101 Å². The molecule has 4 rings (SSSR count). The molecule has 3 fully saturated rings. The fourth-order valence-corrected chi connectivity index (χ4v) is 7.31. The number of carbonyl (C=O) groups excluding carboxylic acids is 2. The Kier molecular flexibility index (Phi) is 7.34. The first-order valence-corrected chi connectivity index (χ1v) is 13.7. The van der Waals surface area contributed by atoms with Crippen LogP contribution in [0.5, 0.6) is 0 Å². The van der Waals surface area contributed by atoms with E-state index in [1.807, 2.05) is 19.9 Å². The summed E-state index contributed by atoms with van der Waals surface area (Å²) < 4.78 is 12.6. The summed E-state index contributed by atoms with van der Waals surface area (Å²) >= 11 is 0. The smallest absolute Gasteiger partial charge is 0.306 e. The maximum Gasteiger partial charge on any atom is 0.306 e. The lowest BCUT2D eigenvalue weighted by atomic mass is 9.44. The Bertz CT molecular complexity index is 971. The number of carbonyl (C=O) groups is 2. The van der Waals surface area contributed by atoms with Gasteiger partial charge in [-0.05, 0) is 65.1 Å². The number of aliphatic hydroxyl groups excluding tert-OH is 1. The molecule has 8 heteroatoms. The van der Waals surface area contributed by atoms with Crippen molar-refractivity contribution in [2.45, 2.75) is 95.7 Å². The van der Waals surface area contributed by atoms with E-state index in [-0.39, 0.29) is 18.8 Å². The third-order valence-corrected chi connectivity index (χ3v) is 9.83. The summed E-state index contributed by atoms with van der Waals surface area (Å²) in [6.45, 7) is 17.9. The Morgan fingerprint density at radius 3 is 2.49 bits per heavy atom. The molecule has 0 bridgehead atoms. The lowest BCUT2D eigenvalue weighted by molar-refractivity contribution is -0.305. The molecule has 2 heterocycles. The Balaban J connectivity index is 1.65. The van der Waals surface area contributed by atoms with Gasteiger partial charge >= 0.3 is 5.97 Å². The van der Waals surface area contributed by atoms with Gasteiger partial charge in [0.25, 0.3) is 0 Å². The minimum absolute atomic E-state index is 0.0791. The quantitative estimate of drug-likeness (QED) is 0.409. The third kappa shape index (κ3) is 4.42. The second kappa shape index (κ2) is 9.56. The monoisotopic (exact) mass is 518 g/mol. The molecule has 4 aliphatic rings. The lowest BCUT2D eigenvalue weighted by Crippen LogP contribution is -2.81. The second-order valence-electron chi connectivity index (χ2n) is 12.9. The van der Waals surface area contributed by atoms with Crippen LogP contribution in [0.25, 0.3) is 0 Å². The number of likely N-dealkylation sites (N-methyl/N-ethyl adjacent to an activating group) is 1. The molecule has 8 nitrogen and oxygen atoms in total. The van der Waals surface area contributed by atoms with Crippen molar-refractivity contribution >= 4 is 11.8 Å². The predicted octanol–water partition coefficient (Wildman–Crippen LogP) is 2.48. The summed E-state index contributed by atoms with van der Waals surface area (Å²) in [7, 11) is 2.11. The summed E-state index contributed by atoms with van der Waals surface area (Å²) in [5.41, 5.74) is -5.68. The summed E-state index contributed by atoms with van der Waals surface area (Å²) in [6.07, 6.45) is 3.42. The van der Waals surface area contributed by atoms with Crippen molar-refractivity contribution in [3.8, 4) is 0 Å². The van der Waals surface area contributed by atoms with Crippen molar-refractivity contribution in [3.05, 3.63) is 24.3 Å². The van der Waals surface area contributed by atoms with E-state index in [9.17, 15) is 19.8 Å². The zero-order valence-corrected chi connectivity index (χ0v) is 23.5. The molecule has 2 N–H and O–H groups in total. The number of hydrogen-bond donors (Lipinski definition) is 2. The first-order valence-electron chi connectivity index (χ1n) is 13.7. The van der Waals surface area contributed by atoms with Crippen molar-refractivity contribution in [2.75, 3.05) is 39.8 Å². The number of nitrogens with zero attached hydrogens (tertiary/aromatic N) is 2. The number of ketones is 1. The van der Waals surface area contributed by atoms with Gasteiger partial charge in [0.05, 0.1) is 17.1 Å². The molecule has 2 saturated heterocycles. The van der Waals surface area contributed by atoms with Crippen LogP contribution in [0.4, 0.5) is 0 Å². The first kappa shape index (κ1) is 28.4. The molecule has 2 aliphatic heterocycles. The largest absolute Gasteiger partial charge is 0.455 e. The average molecular weight is 519 g/mol. The molecule has 0 aromatic rings. The molecule has 2 aliphatic carbocycles. The predicted molar refractivity (Wildman–Crippen MR) is 141 cm³/mol. The van der Waals surface area contributed by atoms with Gasteiger partial charge in [-0.3, -0.25) is 9.59 Å². The summed E-state index contributed by atoms with van der Waals surface area (Å²) in [4.78, 5) is 31.7. The summed E-state index contributed by atoms with van der Waals surface area (Å²) in [5, 5.41) is 23.7. The van der Waals surface area contributed by atoms with Crippen molar-refractivity contribution in [3.63, 3.8) is 0 Å². The summed E-state index contributed by atoms with van der Waals surface area (Å²) in [6, 6.07) is 0. The highest BCUT2D eigenvalue weighted by Crippen LogP contribution is 2.64. The van der Waals surface area contributed by atoms with Crippen LogP contribution in [0.3, 0.4) is 0 Å². The van der Waals surface area contributed by atoms with Crippen molar-refractivity contribution in [1.82, 2.24) is 9.80 Å². The van der Waals surface area contributed by atoms with Gasteiger partial charge in [-0.2, -0.15) is 0 Å². The van der Waals surface area contributed by atoms with Crippen molar-refractivity contribution in [1.29, 1.82) is 0 Å². The van der Waals surface area contributed by atoms with Gasteiger partial charge in [0.2, 0.25) is 0 Å². The van der Waals surface area contributed by atoms with E-state index < -0.39 is 45.6 Å². The van der Waals surface area contributed by atoms with Crippen LogP contribution in [0, 0.1) is 10.8 Å². The second-order valence-corrected chi connectivity index (χ2v) is 12.9. The molecular formula is C29H46N2O6. The number of esters is 1. The molecule has 37 heavy (non-hydrogen) atoms. The van der Waals surface area contributed by atoms with Crippen LogP contribution in [0.2, 0.25) is 0 Å². The van der Waals surface area contributed by atoms with E-state index in [0.29, 0.717) is 19.3 Å². The van der Waals surface area contributed by atoms with E-state index in [2.05, 4.69) is 23.4 Å². The van der Waals surface area contributed by atoms with Gasteiger partial charge in [-0.1, -0.05) is 25.5 Å². The number of aliphatic hydroxyl groups is 2. The van der Waals surface area contributed by atoms with E-state index in [1.165, 1.54) is 0 Å². The van der Waals surface area contributed by atoms with Gasteiger partial charge < -0.3 is 29.5 Å². The summed E-state index contributed by atoms with van der Waals surface area (Å²) in [5.74, 6) is -0.816. The van der Waals surface area contributed by atoms with Crippen LogP contribution in [0.1, 0.15) is 66.7 Å². The highest BCUT2D eigenvalue weighted by Gasteiger charge is 2.76. The molecule has 6 atom stereocenters. The van der Waals surface area contributed by atoms with Gasteiger partial charge in [-0.25, -0.2) is 0 Å². The lowest BCUT2D eigenvalue weighted by Gasteiger charge is -2.66. The normalized spacial score (nSPS) is 42.4. The molecule has 0 aromatic heterocycles. The van der Waals surface area contributed by atoms with Gasteiger partial charge in [0.15, 0.2) is 17.5 Å². The number of rotatable bonds is 6. The average Bonchev–Trinajstić information content (AvgIpc) is 2.82. The topological polar surface area (TPSA) is 99.5 Å². The number of piperazine rings is 1. The van der Waals surface area contributed by atoms with Gasteiger partial charge in [-0.15, -0.1) is 6.58 Å². The molecular weight excluding hydrogens is 472 g/mol. The molecule has 0 aromatic carbocycles. The van der Waals surface area contributed by atoms with E-state index in [4.69, 9.17) is 9.47 Å². The Morgan fingerprint density at radius 1 is 1.22 bits per heavy atom. The number of Topliss-reactive ketones (excluding diaryl/α,β-unsaturated/α-hetero) is 1. The molecule has 208 valence electrons. The number of fused-ring (bicyclic) bond motifs is 3. The molecule has 0 radical (unpaired) electrons. The standard InChI is InChI=1S/C29H46N2O6/c1-8-26(4)19-22(33)29(35)27(5)20(25(2,3)12-11-21(27)32)18-23(28(29,6)37-26)36-24(34)10-9-13-31-16-14-30(7)15-17-31/h8,18,21,23,32,35H,1,9-17,19H2,2-7H3/t21-,23-,26-,27+,28+,29-/m0/s1. The highest BCUT2D eigenvalue weighted by molar-refractivity contribution is 5.93. The van der Waals surface area contributed by atoms with Crippen LogP contribution >= 0.6 is 0 Å². The zero-order valence-electron chi connectivity index (χ0n) is 23.5. The van der Waals surface area contributed by atoms with E-state index >= 15 is 0 Å². The Morgan fingerprint density at radius 2 is 1.86 bits per heavy atom. The molecule has 0 amide bonds.